The van der Waals surface area contributed by atoms with Crippen LogP contribution in [0.25, 0.3) is 0 Å². The first kappa shape index (κ1) is 3.10. The van der Waals surface area contributed by atoms with Crippen molar-refractivity contribution in [1.29, 1.82) is 0 Å². The minimum atomic E-state index is -3.42. The topological polar surface area (TPSA) is 25.8 Å². The highest BCUT2D eigenvalue weighted by molar-refractivity contribution is 6.31. The van der Waals surface area contributed by atoms with Gasteiger partial charge in [0.1, 0.15) is 0 Å². The zero-order valence-electron chi connectivity index (χ0n) is 14.7. The predicted octanol–water partition coefficient (Wildman–Crippen LogP) is 3.08. The molecule has 0 aliphatic heterocycles. The fraction of sp³-hybridized carbons (Fsp3) is 0.500. The lowest BCUT2D eigenvalue weighted by Crippen LogP contribution is -2.13. The number of hydrogen-bond acceptors (Lipinski definition) is 2. The molecule has 0 atom stereocenters. The number of hydrogen-bond donors (Lipinski definition) is 0. The molecule has 0 aliphatic carbocycles. The van der Waals surface area contributed by atoms with Gasteiger partial charge in [-0.25, -0.2) is 0 Å². The summed E-state index contributed by atoms with van der Waals surface area (Å²) < 4.78 is 67.6. The minimum absolute atomic E-state index is 0.364. The van der Waals surface area contributed by atoms with Gasteiger partial charge in [0, 0.05) is 12.3 Å². The van der Waals surface area contributed by atoms with E-state index in [0.29, 0.717) is 0 Å². The monoisotopic (exact) mass is 213 g/mol. The average molecular weight is 214 g/mol. The molecule has 0 amide bonds. The molecule has 2 nitrogen and oxygen atoms in total. The zero-order valence-corrected chi connectivity index (χ0v) is 7.24. The molecule has 0 N–H and O–H groups in total. The van der Waals surface area contributed by atoms with Crippen LogP contribution in [-0.4, -0.2) is 10.2 Å². The summed E-state index contributed by atoms with van der Waals surface area (Å²) in [6.45, 7) is -10.3. The Morgan fingerprint density at radius 2 is 2.00 bits per heavy atom. The van der Waals surface area contributed by atoms with Crippen molar-refractivity contribution in [1.82, 2.24) is 10.2 Å². The van der Waals surface area contributed by atoms with Crippen molar-refractivity contribution in [3.05, 3.63) is 21.9 Å². The second-order valence-electron chi connectivity index (χ2n) is 2.12. The molecule has 0 unspecified atom stereocenters. The third-order valence-corrected chi connectivity index (χ3v) is 1.59. The van der Waals surface area contributed by atoms with Crippen molar-refractivity contribution in [2.45, 2.75) is 26.0 Å². The quantitative estimate of drug-likeness (QED) is 0.663. The highest BCUT2D eigenvalue weighted by Gasteiger charge is 2.18. The van der Waals surface area contributed by atoms with E-state index in [0.717, 1.165) is 6.07 Å². The van der Waals surface area contributed by atoms with Gasteiger partial charge in [-0.05, 0) is 17.0 Å². The lowest BCUT2D eigenvalue weighted by atomic mass is 9.89. The average Bonchev–Trinajstić information content (AvgIpc) is 2.17. The second kappa shape index (κ2) is 3.19. The fourth-order valence-electron chi connectivity index (χ4n) is 0.616. The van der Waals surface area contributed by atoms with Crippen LogP contribution < -0.4 is 0 Å². The van der Waals surface area contributed by atoms with Gasteiger partial charge in [-0.15, -0.1) is 10.2 Å². The minimum Gasteiger partial charge on any atom is -0.137 e. The van der Waals surface area contributed by atoms with E-state index in [4.69, 9.17) is 35.5 Å². The highest BCUT2D eigenvalue weighted by Crippen LogP contribution is 2.28. The summed E-state index contributed by atoms with van der Waals surface area (Å²) in [7, 11) is 0. The predicted molar refractivity (Wildman–Crippen MR) is 50.8 cm³/mol. The lowest BCUT2D eigenvalue weighted by Gasteiger charge is -2.19. The van der Waals surface area contributed by atoms with Crippen molar-refractivity contribution in [2.75, 3.05) is 0 Å². The van der Waals surface area contributed by atoms with E-state index in [9.17, 15) is 0 Å². The molecule has 66 valence electrons. The summed E-state index contributed by atoms with van der Waals surface area (Å²) in [5.41, 5.74) is -3.94. The Balaban J connectivity index is 3.95. The molecule has 0 radical (unpaired) electrons. The van der Waals surface area contributed by atoms with E-state index in [1.807, 2.05) is 0 Å². The van der Waals surface area contributed by atoms with Crippen LogP contribution in [-0.2, 0) is 5.41 Å². The summed E-state index contributed by atoms with van der Waals surface area (Å²) in [5, 5.41) is 5.65. The largest absolute Gasteiger partial charge is 0.155 e. The third kappa shape index (κ3) is 2.08. The number of halogens is 2. The lowest BCUT2D eigenvalue weighted by molar-refractivity contribution is 0.585. The maximum absolute atomic E-state index is 7.52. The molecule has 0 spiro atoms. The van der Waals surface area contributed by atoms with Gasteiger partial charge in [0.25, 0.3) is 0 Å². The molecular weight excluding hydrogens is 195 g/mol. The second-order valence-corrected chi connectivity index (χ2v) is 2.87. The molecular formula is C8H10Cl2N2. The molecule has 12 heavy (non-hydrogen) atoms. The number of nitrogens with zero attached hydrogens (tertiary/aromatic N) is 2. The first-order valence-corrected chi connectivity index (χ1v) is 3.61. The van der Waals surface area contributed by atoms with E-state index >= 15 is 0 Å². The van der Waals surface area contributed by atoms with Gasteiger partial charge in [-0.1, -0.05) is 43.8 Å². The Kier molecular flexibility index (Phi) is 0.825. The normalized spacial score (nSPS) is 26.0. The van der Waals surface area contributed by atoms with Gasteiger partial charge in [0.2, 0.25) is 0 Å². The van der Waals surface area contributed by atoms with Gasteiger partial charge in [-0.3, -0.25) is 0 Å². The molecule has 0 fully saturated rings. The summed E-state index contributed by atoms with van der Waals surface area (Å²) in [6, 6.07) is 0.808. The van der Waals surface area contributed by atoms with Gasteiger partial charge in [-0.2, -0.15) is 0 Å². The third-order valence-electron chi connectivity index (χ3n) is 1.12. The van der Waals surface area contributed by atoms with Crippen molar-refractivity contribution in [3.63, 3.8) is 0 Å². The van der Waals surface area contributed by atoms with E-state index in [2.05, 4.69) is 10.2 Å². The first-order valence-electron chi connectivity index (χ1n) is 7.35. The molecule has 0 aromatic carbocycles. The molecule has 1 heterocycles. The van der Waals surface area contributed by atoms with Crippen LogP contribution in [0.1, 0.15) is 38.5 Å². The summed E-state index contributed by atoms with van der Waals surface area (Å²) >= 11 is 11.3. The Bertz CT molecular complexity index is 498. The molecule has 0 aliphatic rings. The van der Waals surface area contributed by atoms with Crippen LogP contribution in [0.4, 0.5) is 0 Å². The van der Waals surface area contributed by atoms with Crippen LogP contribution in [0.5, 0.6) is 0 Å². The Morgan fingerprint density at radius 3 is 2.58 bits per heavy atom. The van der Waals surface area contributed by atoms with Gasteiger partial charge in [0.05, 0.1) is 0 Å². The highest BCUT2D eigenvalue weighted by atomic mass is 35.5. The summed E-state index contributed by atoms with van der Waals surface area (Å²) in [6.07, 6.45) is 0. The van der Waals surface area contributed by atoms with Gasteiger partial charge < -0.3 is 0 Å². The summed E-state index contributed by atoms with van der Waals surface area (Å²) in [4.78, 5) is 0. The number of rotatable bonds is 0. The molecule has 1 aromatic rings. The molecule has 0 bridgehead atoms. The van der Waals surface area contributed by atoms with E-state index in [1.54, 1.807) is 0 Å². The molecule has 0 saturated heterocycles. The Labute approximate surface area is 94.6 Å². The maximum Gasteiger partial charge on any atom is 0.155 e. The van der Waals surface area contributed by atoms with E-state index in [1.165, 1.54) is 0 Å². The van der Waals surface area contributed by atoms with Crippen LogP contribution >= 0.6 is 23.2 Å². The zero-order chi connectivity index (χ0) is 16.9. The van der Waals surface area contributed by atoms with Gasteiger partial charge >= 0.3 is 0 Å². The maximum atomic E-state index is 7.52. The van der Waals surface area contributed by atoms with Gasteiger partial charge in [0.15, 0.2) is 10.3 Å². The van der Waals surface area contributed by atoms with Crippen molar-refractivity contribution in [3.8, 4) is 0 Å². The smallest absolute Gasteiger partial charge is 0.137 e. The fourth-order valence-corrected chi connectivity index (χ4v) is 0.997. The van der Waals surface area contributed by atoms with E-state index < -0.39 is 36.7 Å². The first-order chi connectivity index (χ1) is 9.16. The molecule has 0 saturated carbocycles. The SMILES string of the molecule is [2H]C([2H])([2H])C(c1cc(Cl)nnc1Cl)(C([2H])([2H])[2H])C([2H])([2H])[2H]. The van der Waals surface area contributed by atoms with E-state index in [-0.39, 0.29) is 5.15 Å². The molecule has 1 rings (SSSR count). The van der Waals surface area contributed by atoms with Crippen LogP contribution in [0.3, 0.4) is 0 Å². The van der Waals surface area contributed by atoms with Crippen LogP contribution in [0.15, 0.2) is 6.07 Å². The Morgan fingerprint density at radius 1 is 1.33 bits per heavy atom. The van der Waals surface area contributed by atoms with Crippen molar-refractivity contribution in [2.24, 2.45) is 0 Å². The Hall–Kier alpha value is -0.340. The van der Waals surface area contributed by atoms with Crippen LogP contribution in [0, 0.1) is 0 Å². The van der Waals surface area contributed by atoms with Crippen LogP contribution in [0.2, 0.25) is 10.3 Å². The number of aromatic nitrogens is 2. The standard InChI is InChI=1S/C8H10Cl2N2/c1-8(2,3)5-4-6(9)11-12-7(5)10/h4H,1-3H3/i1D3,2D3,3D3. The molecule has 1 aromatic heterocycles. The summed E-state index contributed by atoms with van der Waals surface area (Å²) in [5.74, 6) is 0. The van der Waals surface area contributed by atoms with Crippen molar-refractivity contribution >= 4 is 23.2 Å². The van der Waals surface area contributed by atoms with Crippen molar-refractivity contribution < 1.29 is 12.3 Å². The molecule has 4 heteroatoms.